The number of quaternary nitrogens is 2. The molecule has 0 unspecified atom stereocenters. The average Bonchev–Trinajstić information content (AvgIpc) is 2.51. The van der Waals surface area contributed by atoms with Crippen LogP contribution in [0.4, 0.5) is 0 Å². The van der Waals surface area contributed by atoms with E-state index in [0.29, 0.717) is 0 Å². The lowest BCUT2D eigenvalue weighted by atomic mass is 10.1. The van der Waals surface area contributed by atoms with E-state index in [-0.39, 0.29) is 30.1 Å². The lowest BCUT2D eigenvalue weighted by molar-refractivity contribution is -0.763. The van der Waals surface area contributed by atoms with Gasteiger partial charge in [0.15, 0.2) is 21.9 Å². The van der Waals surface area contributed by atoms with Crippen LogP contribution in [0.1, 0.15) is 19.8 Å². The number of carboxylic acid groups (broad SMARTS) is 1. The molecule has 1 aliphatic heterocycles. The largest absolute Gasteiger partial charge is 0.544 e. The van der Waals surface area contributed by atoms with Crippen molar-refractivity contribution >= 4 is 15.8 Å². The van der Waals surface area contributed by atoms with Gasteiger partial charge >= 0.3 is 0 Å². The molecule has 100 valence electrons. The van der Waals surface area contributed by atoms with Gasteiger partial charge in [-0.25, -0.2) is 8.42 Å². The number of carboxylic acids is 1. The van der Waals surface area contributed by atoms with E-state index in [2.05, 4.69) is 6.92 Å². The van der Waals surface area contributed by atoms with E-state index in [9.17, 15) is 18.3 Å². The van der Waals surface area contributed by atoms with E-state index < -0.39 is 15.8 Å². The first-order chi connectivity index (χ1) is 7.94. The number of hydrogen-bond donors (Lipinski definition) is 2. The van der Waals surface area contributed by atoms with Gasteiger partial charge in [-0.05, 0) is 6.42 Å². The molecule has 6 nitrogen and oxygen atoms in total. The van der Waals surface area contributed by atoms with Crippen LogP contribution in [0.25, 0.3) is 0 Å². The van der Waals surface area contributed by atoms with E-state index in [4.69, 9.17) is 0 Å². The third-order valence-electron chi connectivity index (χ3n) is 3.06. The number of sulfone groups is 1. The fourth-order valence-corrected chi connectivity index (χ4v) is 4.25. The van der Waals surface area contributed by atoms with Crippen LogP contribution in [0.3, 0.4) is 0 Å². The van der Waals surface area contributed by atoms with Crippen molar-refractivity contribution in [1.82, 2.24) is 0 Å². The Balaban J connectivity index is 2.49. The number of aliphatic carboxylic acids is 1. The van der Waals surface area contributed by atoms with Crippen LogP contribution in [0, 0.1) is 0 Å². The van der Waals surface area contributed by atoms with E-state index in [1.54, 1.807) is 5.32 Å². The Hall–Kier alpha value is -0.660. The van der Waals surface area contributed by atoms with Crippen LogP contribution >= 0.6 is 0 Å². The normalized spacial score (nSPS) is 27.1. The first-order valence-corrected chi connectivity index (χ1v) is 7.83. The van der Waals surface area contributed by atoms with Crippen molar-refractivity contribution in [2.75, 3.05) is 24.6 Å². The Labute approximate surface area is 102 Å². The van der Waals surface area contributed by atoms with Crippen molar-refractivity contribution in [3.05, 3.63) is 0 Å². The van der Waals surface area contributed by atoms with Crippen molar-refractivity contribution in [3.8, 4) is 0 Å². The highest BCUT2D eigenvalue weighted by Gasteiger charge is 2.42. The van der Waals surface area contributed by atoms with Crippen LogP contribution in [0.5, 0.6) is 0 Å². The van der Waals surface area contributed by atoms with E-state index >= 15 is 0 Å². The molecule has 0 bridgehead atoms. The topological polar surface area (TPSA) is 107 Å². The molecule has 7 heteroatoms. The molecule has 17 heavy (non-hydrogen) atoms. The predicted octanol–water partition coefficient (Wildman–Crippen LogP) is -4.17. The Bertz CT molecular complexity index is 355. The Kier molecular flexibility index (Phi) is 5.35. The maximum Gasteiger partial charge on any atom is 0.162 e. The number of carbonyl (C=O) groups is 1. The van der Waals surface area contributed by atoms with Crippen molar-refractivity contribution in [2.24, 2.45) is 0 Å². The van der Waals surface area contributed by atoms with Crippen molar-refractivity contribution < 1.29 is 29.0 Å². The smallest absolute Gasteiger partial charge is 0.162 e. The quantitative estimate of drug-likeness (QED) is 0.455. The molecule has 1 aliphatic rings. The van der Waals surface area contributed by atoms with Crippen molar-refractivity contribution in [3.63, 3.8) is 0 Å². The Morgan fingerprint density at radius 1 is 1.29 bits per heavy atom. The Morgan fingerprint density at radius 3 is 2.41 bits per heavy atom. The second-order valence-corrected chi connectivity index (χ2v) is 6.75. The molecule has 0 aromatic rings. The standard InChI is InChI=1S/C10H20N2O4S/c1-2-3-4-11-8-6-17(15,16)7-9(8)12-5-10(13)14/h8-9,11-12H,2-7H2,1H3,(H,13,14)/p+1/t8-,9-/m1/s1. The van der Waals surface area contributed by atoms with Gasteiger partial charge in [-0.3, -0.25) is 0 Å². The molecular weight excluding hydrogens is 244 g/mol. The van der Waals surface area contributed by atoms with Crippen LogP contribution in [0.2, 0.25) is 0 Å². The SMILES string of the molecule is CCCC[NH2+][C@@H]1CS(=O)(=O)C[C@H]1[NH2+]CC(=O)[O-]. The van der Waals surface area contributed by atoms with Crippen LogP contribution in [0.15, 0.2) is 0 Å². The first-order valence-electron chi connectivity index (χ1n) is 6.01. The minimum absolute atomic E-state index is 0.0223. The summed E-state index contributed by atoms with van der Waals surface area (Å²) in [7, 11) is -3.01. The molecule has 0 aromatic carbocycles. The summed E-state index contributed by atoms with van der Waals surface area (Å²) in [6.45, 7) is 2.81. The lowest BCUT2D eigenvalue weighted by Gasteiger charge is -2.15. The van der Waals surface area contributed by atoms with Gasteiger partial charge in [0, 0.05) is 0 Å². The van der Waals surface area contributed by atoms with Crippen LogP contribution in [-0.4, -0.2) is 51.1 Å². The van der Waals surface area contributed by atoms with E-state index in [1.165, 1.54) is 0 Å². The minimum Gasteiger partial charge on any atom is -0.544 e. The van der Waals surface area contributed by atoms with Gasteiger partial charge in [0.1, 0.15) is 18.1 Å². The predicted molar refractivity (Wildman–Crippen MR) is 59.7 cm³/mol. The van der Waals surface area contributed by atoms with Crippen LogP contribution < -0.4 is 15.7 Å². The number of nitrogens with two attached hydrogens (primary N) is 2. The minimum atomic E-state index is -3.01. The van der Waals surface area contributed by atoms with Gasteiger partial charge in [0.25, 0.3) is 0 Å². The van der Waals surface area contributed by atoms with E-state index in [0.717, 1.165) is 19.4 Å². The highest BCUT2D eigenvalue weighted by atomic mass is 32.2. The molecule has 1 rings (SSSR count). The molecule has 0 aliphatic carbocycles. The number of rotatable bonds is 7. The first kappa shape index (κ1) is 14.4. The van der Waals surface area contributed by atoms with Gasteiger partial charge in [0.2, 0.25) is 0 Å². The zero-order valence-corrected chi connectivity index (χ0v) is 10.9. The summed E-state index contributed by atoms with van der Waals surface area (Å²) in [6, 6.07) is -0.180. The second-order valence-electron chi connectivity index (χ2n) is 4.59. The summed E-state index contributed by atoms with van der Waals surface area (Å²) in [5.41, 5.74) is 0. The van der Waals surface area contributed by atoms with Gasteiger partial charge in [0.05, 0.1) is 12.5 Å². The van der Waals surface area contributed by atoms with Gasteiger partial charge < -0.3 is 20.5 Å². The molecule has 2 atom stereocenters. The summed E-state index contributed by atoms with van der Waals surface area (Å²) in [6.07, 6.45) is 2.12. The highest BCUT2D eigenvalue weighted by Crippen LogP contribution is 2.06. The zero-order valence-electron chi connectivity index (χ0n) is 10.1. The van der Waals surface area contributed by atoms with Crippen LogP contribution in [-0.2, 0) is 14.6 Å². The molecule has 4 N–H and O–H groups in total. The van der Waals surface area contributed by atoms with Gasteiger partial charge in [-0.1, -0.05) is 13.3 Å². The van der Waals surface area contributed by atoms with Crippen molar-refractivity contribution in [1.29, 1.82) is 0 Å². The molecule has 1 fully saturated rings. The molecule has 0 amide bonds. The summed E-state index contributed by atoms with van der Waals surface area (Å²) in [5.74, 6) is -0.917. The molecule has 1 saturated heterocycles. The number of unbranched alkanes of at least 4 members (excludes halogenated alkanes) is 1. The molecule has 0 saturated carbocycles. The van der Waals surface area contributed by atoms with E-state index in [1.807, 2.05) is 5.32 Å². The number of hydrogen-bond acceptors (Lipinski definition) is 4. The number of carbonyl (C=O) groups excluding carboxylic acids is 1. The lowest BCUT2D eigenvalue weighted by Crippen LogP contribution is -3.04. The summed E-state index contributed by atoms with van der Waals surface area (Å²) in [4.78, 5) is 10.4. The monoisotopic (exact) mass is 265 g/mol. The molecular formula is C10H21N2O4S+. The molecule has 1 heterocycles. The molecule has 0 aromatic heterocycles. The summed E-state index contributed by atoms with van der Waals surface area (Å²) < 4.78 is 23.1. The Morgan fingerprint density at radius 2 is 1.88 bits per heavy atom. The fraction of sp³-hybridized carbons (Fsp3) is 0.900. The maximum absolute atomic E-state index is 11.5. The maximum atomic E-state index is 11.5. The second kappa shape index (κ2) is 6.32. The third kappa shape index (κ3) is 5.01. The van der Waals surface area contributed by atoms with Gasteiger partial charge in [-0.15, -0.1) is 0 Å². The molecule has 0 radical (unpaired) electrons. The van der Waals surface area contributed by atoms with Gasteiger partial charge in [-0.2, -0.15) is 0 Å². The zero-order chi connectivity index (χ0) is 12.9. The summed E-state index contributed by atoms with van der Waals surface area (Å²) in [5, 5.41) is 14.0. The third-order valence-corrected chi connectivity index (χ3v) is 4.84. The molecule has 0 spiro atoms. The summed E-state index contributed by atoms with van der Waals surface area (Å²) >= 11 is 0. The van der Waals surface area contributed by atoms with Crippen molar-refractivity contribution in [2.45, 2.75) is 31.8 Å². The fourth-order valence-electron chi connectivity index (χ4n) is 2.17. The average molecular weight is 265 g/mol. The highest BCUT2D eigenvalue weighted by molar-refractivity contribution is 7.91.